The van der Waals surface area contributed by atoms with Crippen LogP contribution < -0.4 is 5.32 Å². The monoisotopic (exact) mass is 299 g/mol. The van der Waals surface area contributed by atoms with Crippen molar-refractivity contribution in [3.8, 4) is 10.4 Å². The van der Waals surface area contributed by atoms with Gasteiger partial charge in [0.1, 0.15) is 17.0 Å². The summed E-state index contributed by atoms with van der Waals surface area (Å²) in [5.74, 6) is 0.791. The molecule has 0 aliphatic carbocycles. The number of rotatable bonds is 5. The molecule has 5 heteroatoms. The molecular weight excluding hydrogens is 282 g/mol. The van der Waals surface area contributed by atoms with E-state index in [4.69, 9.17) is 0 Å². The van der Waals surface area contributed by atoms with Crippen molar-refractivity contribution in [1.82, 2.24) is 9.97 Å². The molecule has 0 radical (unpaired) electrons. The molecule has 0 aliphatic rings. The summed E-state index contributed by atoms with van der Waals surface area (Å²) in [6.45, 7) is 2.13. The van der Waals surface area contributed by atoms with Crippen molar-refractivity contribution >= 4 is 27.4 Å². The highest BCUT2D eigenvalue weighted by molar-refractivity contribution is 7.21. The average molecular weight is 299 g/mol. The summed E-state index contributed by atoms with van der Waals surface area (Å²) < 4.78 is 0. The maximum absolute atomic E-state index is 9.34. The highest BCUT2D eigenvalue weighted by atomic mass is 32.1. The predicted octanol–water partition coefficient (Wildman–Crippen LogP) is 3.54. The van der Waals surface area contributed by atoms with Crippen molar-refractivity contribution in [2.45, 2.75) is 19.4 Å². The van der Waals surface area contributed by atoms with Gasteiger partial charge >= 0.3 is 0 Å². The number of hydrogen-bond donors (Lipinski definition) is 2. The fourth-order valence-corrected chi connectivity index (χ4v) is 3.19. The molecule has 0 fully saturated rings. The molecule has 2 heterocycles. The third-order valence-electron chi connectivity index (χ3n) is 3.44. The molecule has 2 aromatic heterocycles. The van der Waals surface area contributed by atoms with Gasteiger partial charge in [-0.1, -0.05) is 37.3 Å². The number of anilines is 1. The van der Waals surface area contributed by atoms with Crippen molar-refractivity contribution in [3.05, 3.63) is 42.7 Å². The predicted molar refractivity (Wildman–Crippen MR) is 87.6 cm³/mol. The number of benzene rings is 1. The second-order valence-corrected chi connectivity index (χ2v) is 5.88. The number of aromatic nitrogens is 2. The van der Waals surface area contributed by atoms with Gasteiger partial charge in [-0.15, -0.1) is 11.3 Å². The van der Waals surface area contributed by atoms with Gasteiger partial charge in [-0.3, -0.25) is 0 Å². The van der Waals surface area contributed by atoms with E-state index in [2.05, 4.69) is 33.5 Å². The van der Waals surface area contributed by atoms with Crippen LogP contribution in [-0.4, -0.2) is 27.7 Å². The number of hydrogen-bond acceptors (Lipinski definition) is 5. The zero-order chi connectivity index (χ0) is 14.7. The Labute approximate surface area is 127 Å². The van der Waals surface area contributed by atoms with Gasteiger partial charge in [-0.2, -0.15) is 0 Å². The molecule has 3 rings (SSSR count). The van der Waals surface area contributed by atoms with Crippen LogP contribution in [0.4, 0.5) is 5.82 Å². The van der Waals surface area contributed by atoms with Crippen LogP contribution in [0.2, 0.25) is 0 Å². The number of nitrogens with zero attached hydrogens (tertiary/aromatic N) is 2. The van der Waals surface area contributed by atoms with Crippen LogP contribution >= 0.6 is 11.3 Å². The molecule has 0 saturated carbocycles. The maximum Gasteiger partial charge on any atom is 0.138 e. The molecule has 0 saturated heterocycles. The molecule has 108 valence electrons. The molecule has 2 N–H and O–H groups in total. The Kier molecular flexibility index (Phi) is 4.13. The Morgan fingerprint density at radius 2 is 2.05 bits per heavy atom. The second-order valence-electron chi connectivity index (χ2n) is 4.85. The number of aliphatic hydroxyl groups excluding tert-OH is 1. The topological polar surface area (TPSA) is 58.0 Å². The molecule has 21 heavy (non-hydrogen) atoms. The molecule has 4 nitrogen and oxygen atoms in total. The normalized spacial score (nSPS) is 12.5. The van der Waals surface area contributed by atoms with Gasteiger partial charge in [0.05, 0.1) is 18.0 Å². The smallest absolute Gasteiger partial charge is 0.138 e. The molecule has 0 amide bonds. The third kappa shape index (κ3) is 2.89. The minimum Gasteiger partial charge on any atom is -0.394 e. The minimum atomic E-state index is 0.0168. The highest BCUT2D eigenvalue weighted by Crippen LogP contribution is 2.34. The Morgan fingerprint density at radius 1 is 1.24 bits per heavy atom. The molecular formula is C16H17N3OS. The molecule has 3 aromatic rings. The Balaban J connectivity index is 2.01. The lowest BCUT2D eigenvalue weighted by molar-refractivity contribution is 0.271. The van der Waals surface area contributed by atoms with E-state index in [1.807, 2.05) is 25.1 Å². The van der Waals surface area contributed by atoms with E-state index in [0.717, 1.165) is 22.5 Å². The van der Waals surface area contributed by atoms with Gasteiger partial charge in [-0.05, 0) is 18.1 Å². The van der Waals surface area contributed by atoms with Crippen molar-refractivity contribution in [2.75, 3.05) is 11.9 Å². The SMILES string of the molecule is CC[C@@H](CO)Nc1ncnc2sc(-c3ccccc3)cc12. The first-order chi connectivity index (χ1) is 10.3. The first-order valence-electron chi connectivity index (χ1n) is 6.99. The molecule has 0 bridgehead atoms. The van der Waals surface area contributed by atoms with E-state index in [1.54, 1.807) is 17.7 Å². The summed E-state index contributed by atoms with van der Waals surface area (Å²) in [7, 11) is 0. The summed E-state index contributed by atoms with van der Waals surface area (Å²) in [6.07, 6.45) is 2.41. The lowest BCUT2D eigenvalue weighted by atomic mass is 10.2. The zero-order valence-electron chi connectivity index (χ0n) is 11.8. The molecule has 0 aliphatic heterocycles. The zero-order valence-corrected chi connectivity index (χ0v) is 12.6. The van der Waals surface area contributed by atoms with E-state index in [-0.39, 0.29) is 12.6 Å². The standard InChI is InChI=1S/C16H17N3OS/c1-2-12(9-20)19-15-13-8-14(11-6-4-3-5-7-11)21-16(13)18-10-17-15/h3-8,10,12,20H,2,9H2,1H3,(H,17,18,19)/t12-/m0/s1. The molecule has 0 spiro atoms. The molecule has 1 atom stereocenters. The fraction of sp³-hybridized carbons (Fsp3) is 0.250. The summed E-state index contributed by atoms with van der Waals surface area (Å²) in [5, 5.41) is 13.6. The van der Waals surface area contributed by atoms with Gasteiger partial charge in [0, 0.05) is 4.88 Å². The first-order valence-corrected chi connectivity index (χ1v) is 7.80. The van der Waals surface area contributed by atoms with E-state index >= 15 is 0 Å². The van der Waals surface area contributed by atoms with Crippen LogP contribution in [0.25, 0.3) is 20.7 Å². The Morgan fingerprint density at radius 3 is 2.76 bits per heavy atom. The fourth-order valence-electron chi connectivity index (χ4n) is 2.19. The van der Waals surface area contributed by atoms with Gasteiger partial charge in [-0.25, -0.2) is 9.97 Å². The van der Waals surface area contributed by atoms with Crippen LogP contribution in [0.1, 0.15) is 13.3 Å². The third-order valence-corrected chi connectivity index (χ3v) is 4.53. The largest absolute Gasteiger partial charge is 0.394 e. The van der Waals surface area contributed by atoms with Gasteiger partial charge in [0.2, 0.25) is 0 Å². The van der Waals surface area contributed by atoms with Crippen LogP contribution in [0.15, 0.2) is 42.7 Å². The summed E-state index contributed by atoms with van der Waals surface area (Å²) in [6, 6.07) is 12.4. The number of fused-ring (bicyclic) bond motifs is 1. The lowest BCUT2D eigenvalue weighted by Gasteiger charge is -2.14. The summed E-state index contributed by atoms with van der Waals surface area (Å²) in [4.78, 5) is 10.8. The quantitative estimate of drug-likeness (QED) is 0.756. The van der Waals surface area contributed by atoms with Gasteiger partial charge < -0.3 is 10.4 Å². The Hall–Kier alpha value is -1.98. The highest BCUT2D eigenvalue weighted by Gasteiger charge is 2.12. The first kappa shape index (κ1) is 14.0. The van der Waals surface area contributed by atoms with Crippen molar-refractivity contribution in [1.29, 1.82) is 0 Å². The van der Waals surface area contributed by atoms with E-state index < -0.39 is 0 Å². The average Bonchev–Trinajstić information content (AvgIpc) is 2.98. The van der Waals surface area contributed by atoms with Crippen molar-refractivity contribution in [3.63, 3.8) is 0 Å². The van der Waals surface area contributed by atoms with Crippen molar-refractivity contribution in [2.24, 2.45) is 0 Å². The number of aliphatic hydroxyl groups is 1. The summed E-state index contributed by atoms with van der Waals surface area (Å²) in [5.41, 5.74) is 1.18. The van der Waals surface area contributed by atoms with E-state index in [1.165, 1.54) is 10.4 Å². The maximum atomic E-state index is 9.34. The van der Waals surface area contributed by atoms with Gasteiger partial charge in [0.15, 0.2) is 0 Å². The van der Waals surface area contributed by atoms with Crippen LogP contribution in [0.5, 0.6) is 0 Å². The summed E-state index contributed by atoms with van der Waals surface area (Å²) >= 11 is 1.65. The van der Waals surface area contributed by atoms with Crippen LogP contribution in [0.3, 0.4) is 0 Å². The van der Waals surface area contributed by atoms with E-state index in [9.17, 15) is 5.11 Å². The number of nitrogens with one attached hydrogen (secondary N) is 1. The van der Waals surface area contributed by atoms with Gasteiger partial charge in [0.25, 0.3) is 0 Å². The van der Waals surface area contributed by atoms with E-state index in [0.29, 0.717) is 0 Å². The van der Waals surface area contributed by atoms with Crippen LogP contribution in [0, 0.1) is 0 Å². The minimum absolute atomic E-state index is 0.0168. The molecule has 0 unspecified atom stereocenters. The van der Waals surface area contributed by atoms with Crippen molar-refractivity contribution < 1.29 is 5.11 Å². The lowest BCUT2D eigenvalue weighted by Crippen LogP contribution is -2.23. The van der Waals surface area contributed by atoms with Crippen LogP contribution in [-0.2, 0) is 0 Å². The number of thiophene rings is 1. The second kappa shape index (κ2) is 6.20. The Bertz CT molecular complexity index is 723. The molecule has 1 aromatic carbocycles.